The maximum absolute atomic E-state index is 11.7. The molecule has 1 fully saturated rings. The van der Waals surface area contributed by atoms with Gasteiger partial charge in [0.15, 0.2) is 11.5 Å². The standard InChI is InChI=1S/C26H28ClN5O5/c1-16(33)31-6-8-32(9-7-31)20-14-22(34-2)19(13-23(20)35-3)29-26-28-15-18(27)25(30-26)17-4-5-21-24(12-17)37-11-10-36-21/h4-5,12-15H,6-11H2,1-3H3,(H,28,29,30). The number of rotatable bonds is 6. The molecule has 1 aromatic heterocycles. The second kappa shape index (κ2) is 10.6. The summed E-state index contributed by atoms with van der Waals surface area (Å²) < 4.78 is 22.7. The van der Waals surface area contributed by atoms with Gasteiger partial charge in [-0.2, -0.15) is 0 Å². The van der Waals surface area contributed by atoms with Crippen LogP contribution in [0.4, 0.5) is 17.3 Å². The molecule has 5 rings (SSSR count). The van der Waals surface area contributed by atoms with Crippen LogP contribution >= 0.6 is 11.6 Å². The molecule has 0 aliphatic carbocycles. The van der Waals surface area contributed by atoms with E-state index < -0.39 is 0 Å². The Hall–Kier alpha value is -3.92. The van der Waals surface area contributed by atoms with E-state index in [1.54, 1.807) is 27.3 Å². The molecule has 37 heavy (non-hydrogen) atoms. The Morgan fingerprint density at radius 3 is 2.43 bits per heavy atom. The predicted octanol–water partition coefficient (Wildman–Crippen LogP) is 4.00. The highest BCUT2D eigenvalue weighted by Gasteiger charge is 2.23. The Labute approximate surface area is 220 Å². The highest BCUT2D eigenvalue weighted by Crippen LogP contribution is 2.41. The molecule has 10 nitrogen and oxygen atoms in total. The van der Waals surface area contributed by atoms with Crippen molar-refractivity contribution in [3.8, 4) is 34.3 Å². The Kier molecular flexibility index (Phi) is 7.09. The van der Waals surface area contributed by atoms with Gasteiger partial charge in [-0.05, 0) is 18.2 Å². The van der Waals surface area contributed by atoms with E-state index in [4.69, 9.17) is 30.5 Å². The summed E-state index contributed by atoms with van der Waals surface area (Å²) in [7, 11) is 3.23. The van der Waals surface area contributed by atoms with Crippen molar-refractivity contribution in [3.63, 3.8) is 0 Å². The molecule has 1 saturated heterocycles. The minimum Gasteiger partial charge on any atom is -0.494 e. The molecular formula is C26H28ClN5O5. The predicted molar refractivity (Wildman–Crippen MR) is 141 cm³/mol. The van der Waals surface area contributed by atoms with Gasteiger partial charge in [0.1, 0.15) is 24.7 Å². The number of anilines is 3. The summed E-state index contributed by atoms with van der Waals surface area (Å²) in [5, 5.41) is 3.65. The number of halogens is 1. The van der Waals surface area contributed by atoms with Crippen molar-refractivity contribution in [1.82, 2.24) is 14.9 Å². The Morgan fingerprint density at radius 2 is 1.73 bits per heavy atom. The smallest absolute Gasteiger partial charge is 0.227 e. The van der Waals surface area contributed by atoms with Crippen LogP contribution in [0.15, 0.2) is 36.5 Å². The number of fused-ring (bicyclic) bond motifs is 1. The summed E-state index contributed by atoms with van der Waals surface area (Å²) >= 11 is 6.46. The van der Waals surface area contributed by atoms with Gasteiger partial charge in [0.2, 0.25) is 11.9 Å². The van der Waals surface area contributed by atoms with Crippen molar-refractivity contribution in [3.05, 3.63) is 41.6 Å². The Morgan fingerprint density at radius 1 is 1.00 bits per heavy atom. The number of ether oxygens (including phenoxy) is 4. The summed E-state index contributed by atoms with van der Waals surface area (Å²) in [6.45, 7) is 5.32. The largest absolute Gasteiger partial charge is 0.494 e. The lowest BCUT2D eigenvalue weighted by Crippen LogP contribution is -2.48. The molecule has 2 aliphatic heterocycles. The molecule has 3 heterocycles. The van der Waals surface area contributed by atoms with Gasteiger partial charge in [-0.1, -0.05) is 11.6 Å². The number of methoxy groups -OCH3 is 2. The first kappa shape index (κ1) is 24.8. The van der Waals surface area contributed by atoms with Gasteiger partial charge < -0.3 is 34.1 Å². The monoisotopic (exact) mass is 525 g/mol. The third-order valence-electron chi connectivity index (χ3n) is 6.37. The number of nitrogens with zero attached hydrogens (tertiary/aromatic N) is 4. The molecule has 0 bridgehead atoms. The zero-order valence-corrected chi connectivity index (χ0v) is 21.7. The van der Waals surface area contributed by atoms with Gasteiger partial charge in [-0.25, -0.2) is 9.97 Å². The van der Waals surface area contributed by atoms with Crippen LogP contribution in [-0.4, -0.2) is 74.4 Å². The quantitative estimate of drug-likeness (QED) is 0.512. The van der Waals surface area contributed by atoms with Crippen LogP contribution in [-0.2, 0) is 4.79 Å². The van der Waals surface area contributed by atoms with Crippen LogP contribution in [0.3, 0.4) is 0 Å². The number of nitrogens with one attached hydrogen (secondary N) is 1. The molecule has 194 valence electrons. The van der Waals surface area contributed by atoms with Gasteiger partial charge >= 0.3 is 0 Å². The molecule has 0 atom stereocenters. The number of aromatic nitrogens is 2. The second-order valence-electron chi connectivity index (χ2n) is 8.59. The van der Waals surface area contributed by atoms with E-state index in [9.17, 15) is 4.79 Å². The maximum atomic E-state index is 11.7. The van der Waals surface area contributed by atoms with Crippen LogP contribution in [0, 0.1) is 0 Å². The normalized spacial score (nSPS) is 14.8. The van der Waals surface area contributed by atoms with Crippen LogP contribution in [0.5, 0.6) is 23.0 Å². The SMILES string of the molecule is COc1cc(N2CCN(C(C)=O)CC2)c(OC)cc1Nc1ncc(Cl)c(-c2ccc3c(c2)OCCO3)n1. The Bertz CT molecular complexity index is 1310. The fraction of sp³-hybridized carbons (Fsp3) is 0.346. The summed E-state index contributed by atoms with van der Waals surface area (Å²) in [4.78, 5) is 24.8. The molecule has 0 spiro atoms. The minimum atomic E-state index is 0.0855. The van der Waals surface area contributed by atoms with E-state index in [-0.39, 0.29) is 5.91 Å². The topological polar surface area (TPSA) is 98.3 Å². The van der Waals surface area contributed by atoms with Crippen LogP contribution in [0.2, 0.25) is 5.02 Å². The Balaban J connectivity index is 1.42. The van der Waals surface area contributed by atoms with Gasteiger partial charge in [0, 0.05) is 50.8 Å². The lowest BCUT2D eigenvalue weighted by atomic mass is 10.1. The molecule has 11 heteroatoms. The molecule has 2 aromatic carbocycles. The second-order valence-corrected chi connectivity index (χ2v) is 9.00. The number of piperazine rings is 1. The first-order chi connectivity index (χ1) is 18.0. The van der Waals surface area contributed by atoms with Crippen molar-refractivity contribution in [2.24, 2.45) is 0 Å². The first-order valence-electron chi connectivity index (χ1n) is 11.9. The zero-order valence-electron chi connectivity index (χ0n) is 20.9. The molecule has 1 amide bonds. The molecule has 0 saturated carbocycles. The molecule has 1 N–H and O–H groups in total. The molecule has 0 radical (unpaired) electrons. The van der Waals surface area contributed by atoms with Crippen molar-refractivity contribution in [1.29, 1.82) is 0 Å². The third kappa shape index (κ3) is 5.15. The lowest BCUT2D eigenvalue weighted by Gasteiger charge is -2.36. The average molecular weight is 526 g/mol. The molecule has 3 aromatic rings. The van der Waals surface area contributed by atoms with Crippen molar-refractivity contribution >= 4 is 34.8 Å². The van der Waals surface area contributed by atoms with Gasteiger partial charge in [-0.3, -0.25) is 4.79 Å². The van der Waals surface area contributed by atoms with E-state index in [1.807, 2.05) is 35.2 Å². The third-order valence-corrected chi connectivity index (χ3v) is 6.65. The fourth-order valence-corrected chi connectivity index (χ4v) is 4.63. The summed E-state index contributed by atoms with van der Waals surface area (Å²) in [6.07, 6.45) is 1.55. The van der Waals surface area contributed by atoms with E-state index >= 15 is 0 Å². The van der Waals surface area contributed by atoms with Gasteiger partial charge in [-0.15, -0.1) is 0 Å². The number of hydrogen-bond acceptors (Lipinski definition) is 9. The highest BCUT2D eigenvalue weighted by atomic mass is 35.5. The fourth-order valence-electron chi connectivity index (χ4n) is 4.43. The maximum Gasteiger partial charge on any atom is 0.227 e. The van der Waals surface area contributed by atoms with E-state index in [1.165, 1.54) is 0 Å². The lowest BCUT2D eigenvalue weighted by molar-refractivity contribution is -0.129. The van der Waals surface area contributed by atoms with E-state index in [0.29, 0.717) is 84.7 Å². The van der Waals surface area contributed by atoms with E-state index in [2.05, 4.69) is 20.2 Å². The number of benzene rings is 2. The summed E-state index contributed by atoms with van der Waals surface area (Å²) in [5.41, 5.74) is 2.87. The van der Waals surface area contributed by atoms with Crippen LogP contribution in [0.25, 0.3) is 11.3 Å². The number of carbonyl (C=O) groups is 1. The molecular weight excluding hydrogens is 498 g/mol. The van der Waals surface area contributed by atoms with Crippen molar-refractivity contribution in [2.75, 3.05) is 63.8 Å². The number of hydrogen-bond donors (Lipinski definition) is 1. The van der Waals surface area contributed by atoms with Gasteiger partial charge in [0.05, 0.1) is 42.5 Å². The highest BCUT2D eigenvalue weighted by molar-refractivity contribution is 6.32. The van der Waals surface area contributed by atoms with Gasteiger partial charge in [0.25, 0.3) is 0 Å². The van der Waals surface area contributed by atoms with Crippen LogP contribution < -0.4 is 29.2 Å². The number of amides is 1. The molecule has 0 unspecified atom stereocenters. The summed E-state index contributed by atoms with van der Waals surface area (Å²) in [5.74, 6) is 3.04. The molecule has 2 aliphatic rings. The van der Waals surface area contributed by atoms with Crippen molar-refractivity contribution in [2.45, 2.75) is 6.92 Å². The summed E-state index contributed by atoms with van der Waals surface area (Å²) in [6, 6.07) is 9.36. The zero-order chi connectivity index (χ0) is 25.9. The van der Waals surface area contributed by atoms with E-state index in [0.717, 1.165) is 11.3 Å². The van der Waals surface area contributed by atoms with Crippen LogP contribution in [0.1, 0.15) is 6.92 Å². The number of carbonyl (C=O) groups excluding carboxylic acids is 1. The first-order valence-corrected chi connectivity index (χ1v) is 12.3. The van der Waals surface area contributed by atoms with Crippen molar-refractivity contribution < 1.29 is 23.7 Å². The minimum absolute atomic E-state index is 0.0855. The average Bonchev–Trinajstić information content (AvgIpc) is 2.93.